The van der Waals surface area contributed by atoms with Crippen molar-refractivity contribution in [2.75, 3.05) is 24.5 Å². The van der Waals surface area contributed by atoms with Gasteiger partial charge in [-0.15, -0.1) is 6.42 Å². The third kappa shape index (κ3) is 3.66. The fraction of sp³-hybridized carbons (Fsp3) is 0.519. The molecule has 0 radical (unpaired) electrons. The Bertz CT molecular complexity index is 1110. The van der Waals surface area contributed by atoms with Gasteiger partial charge in [0.25, 0.3) is 0 Å². The van der Waals surface area contributed by atoms with Crippen LogP contribution in [0.2, 0.25) is 0 Å². The van der Waals surface area contributed by atoms with Crippen molar-refractivity contribution in [1.29, 1.82) is 0 Å². The van der Waals surface area contributed by atoms with Crippen LogP contribution in [0, 0.1) is 31.1 Å². The zero-order valence-corrected chi connectivity index (χ0v) is 18.8. The highest BCUT2D eigenvalue weighted by atomic mass is 16.2. The number of hydrogen-bond donors (Lipinski definition) is 0. The highest BCUT2D eigenvalue weighted by Crippen LogP contribution is 2.46. The van der Waals surface area contributed by atoms with Crippen LogP contribution in [-0.2, 0) is 4.79 Å². The summed E-state index contributed by atoms with van der Waals surface area (Å²) in [5.74, 6) is 5.68. The number of hydrogen-bond acceptors (Lipinski definition) is 4. The Morgan fingerprint density at radius 3 is 2.59 bits per heavy atom. The summed E-state index contributed by atoms with van der Waals surface area (Å²) < 4.78 is 0. The third-order valence-corrected chi connectivity index (χ3v) is 7.45. The highest BCUT2D eigenvalue weighted by Gasteiger charge is 2.45. The average molecular weight is 427 g/mol. The molecule has 1 saturated heterocycles. The number of carbonyl (C=O) groups excluding carboxylic acids is 1. The topological polar surface area (TPSA) is 49.3 Å². The molecule has 1 atom stereocenters. The first-order valence-corrected chi connectivity index (χ1v) is 12.1. The average Bonchev–Trinajstić information content (AvgIpc) is 3.66. The van der Waals surface area contributed by atoms with Crippen molar-refractivity contribution in [1.82, 2.24) is 14.9 Å². The van der Waals surface area contributed by atoms with Gasteiger partial charge < -0.3 is 9.80 Å². The fourth-order valence-corrected chi connectivity index (χ4v) is 5.20. The van der Waals surface area contributed by atoms with Gasteiger partial charge in [0, 0.05) is 48.9 Å². The van der Waals surface area contributed by atoms with E-state index < -0.39 is 0 Å². The molecular formula is C27H30N4O. The van der Waals surface area contributed by atoms with E-state index in [0.29, 0.717) is 23.8 Å². The molecule has 32 heavy (non-hydrogen) atoms. The lowest BCUT2D eigenvalue weighted by molar-refractivity contribution is -0.135. The van der Waals surface area contributed by atoms with Gasteiger partial charge in [-0.3, -0.25) is 9.78 Å². The van der Waals surface area contributed by atoms with Crippen LogP contribution in [0.15, 0.2) is 24.4 Å². The van der Waals surface area contributed by atoms with Gasteiger partial charge in [0.05, 0.1) is 17.3 Å². The van der Waals surface area contributed by atoms with E-state index in [2.05, 4.69) is 38.9 Å². The molecule has 5 heteroatoms. The van der Waals surface area contributed by atoms with E-state index in [4.69, 9.17) is 11.4 Å². The number of aromatic nitrogens is 2. The molecule has 2 aromatic heterocycles. The number of piperazine rings is 1. The van der Waals surface area contributed by atoms with Gasteiger partial charge in [-0.25, -0.2) is 4.98 Å². The van der Waals surface area contributed by atoms with Crippen LogP contribution >= 0.6 is 0 Å². The summed E-state index contributed by atoms with van der Waals surface area (Å²) in [4.78, 5) is 27.0. The maximum absolute atomic E-state index is 12.9. The first-order valence-electron chi connectivity index (χ1n) is 12.1. The van der Waals surface area contributed by atoms with Crippen LogP contribution in [0.1, 0.15) is 61.4 Å². The van der Waals surface area contributed by atoms with Crippen molar-refractivity contribution in [3.63, 3.8) is 0 Å². The number of amides is 1. The van der Waals surface area contributed by atoms with Gasteiger partial charge in [0.1, 0.15) is 5.82 Å². The molecule has 1 amide bonds. The zero-order chi connectivity index (χ0) is 21.8. The number of rotatable bonds is 5. The molecule has 0 bridgehead atoms. The molecule has 3 aliphatic carbocycles. The summed E-state index contributed by atoms with van der Waals surface area (Å²) in [6.07, 6.45) is 14.9. The fourth-order valence-electron chi connectivity index (χ4n) is 5.20. The van der Waals surface area contributed by atoms with Crippen molar-refractivity contribution in [2.45, 2.75) is 57.4 Å². The summed E-state index contributed by atoms with van der Waals surface area (Å²) in [5, 5.41) is 0. The van der Waals surface area contributed by atoms with Crippen LogP contribution in [0.5, 0.6) is 0 Å². The predicted molar refractivity (Wildman–Crippen MR) is 125 cm³/mol. The van der Waals surface area contributed by atoms with Crippen LogP contribution in [0.25, 0.3) is 11.1 Å². The zero-order valence-electron chi connectivity index (χ0n) is 18.8. The second-order valence-corrected chi connectivity index (χ2v) is 10.1. The molecule has 6 rings (SSSR count). The molecule has 4 aliphatic rings. The van der Waals surface area contributed by atoms with Crippen LogP contribution in [0.4, 0.5) is 5.82 Å². The second kappa shape index (κ2) is 7.62. The number of pyridine rings is 2. The molecule has 0 aromatic carbocycles. The maximum atomic E-state index is 12.9. The van der Waals surface area contributed by atoms with Crippen LogP contribution < -0.4 is 4.90 Å². The molecule has 0 N–H and O–H groups in total. The van der Waals surface area contributed by atoms with Crippen LogP contribution in [-0.4, -0.2) is 46.5 Å². The smallest absolute Gasteiger partial charge is 0.226 e. The minimum absolute atomic E-state index is 0.284. The first kappa shape index (κ1) is 19.8. The number of terminal acetylenes is 1. The van der Waals surface area contributed by atoms with Crippen molar-refractivity contribution in [3.05, 3.63) is 41.3 Å². The van der Waals surface area contributed by atoms with Gasteiger partial charge in [-0.1, -0.05) is 5.92 Å². The summed E-state index contributed by atoms with van der Waals surface area (Å²) >= 11 is 0. The molecule has 164 valence electrons. The lowest BCUT2D eigenvalue weighted by atomic mass is 9.98. The van der Waals surface area contributed by atoms with Crippen LogP contribution in [0.3, 0.4) is 0 Å². The van der Waals surface area contributed by atoms with E-state index in [9.17, 15) is 4.79 Å². The van der Waals surface area contributed by atoms with E-state index in [0.717, 1.165) is 60.7 Å². The summed E-state index contributed by atoms with van der Waals surface area (Å²) in [6, 6.07) is 6.64. The van der Waals surface area contributed by atoms with Gasteiger partial charge in [-0.05, 0) is 75.1 Å². The Kier molecular flexibility index (Phi) is 4.71. The molecule has 3 heterocycles. The third-order valence-electron chi connectivity index (χ3n) is 7.45. The molecule has 1 unspecified atom stereocenters. The van der Waals surface area contributed by atoms with E-state index in [1.807, 2.05) is 13.1 Å². The van der Waals surface area contributed by atoms with Crippen molar-refractivity contribution < 1.29 is 4.79 Å². The number of carbonyl (C=O) groups is 1. The van der Waals surface area contributed by atoms with E-state index in [1.165, 1.54) is 31.4 Å². The Hall–Kier alpha value is -2.87. The van der Waals surface area contributed by atoms with E-state index in [-0.39, 0.29) is 5.92 Å². The van der Waals surface area contributed by atoms with Gasteiger partial charge in [0.15, 0.2) is 0 Å². The Labute approximate surface area is 190 Å². The molecule has 2 aromatic rings. The highest BCUT2D eigenvalue weighted by molar-refractivity contribution is 5.82. The maximum Gasteiger partial charge on any atom is 0.226 e. The monoisotopic (exact) mass is 426 g/mol. The molecular weight excluding hydrogens is 396 g/mol. The minimum atomic E-state index is 0.284. The lowest BCUT2D eigenvalue weighted by Crippen LogP contribution is -2.57. The predicted octanol–water partition coefficient (Wildman–Crippen LogP) is 4.15. The number of aryl methyl sites for hydroxylation is 1. The standard InChI is InChI=1S/C27H30N4O/c1-3-18-15-23(22-10-11-28-17(2)14-22)25(20-6-7-20)29-26(18)30-12-13-31(27(32)21-8-9-21)24(16-30)19-4-5-19/h1,10-11,14-15,19-21,24H,4-9,12-13,16H2,2H3. The first-order chi connectivity index (χ1) is 15.6. The lowest BCUT2D eigenvalue weighted by Gasteiger charge is -2.43. The molecule has 4 fully saturated rings. The second-order valence-electron chi connectivity index (χ2n) is 10.1. The van der Waals surface area contributed by atoms with E-state index >= 15 is 0 Å². The SMILES string of the molecule is C#Cc1cc(-c2ccnc(C)c2)c(C2CC2)nc1N1CCN(C(=O)C2CC2)C(C2CC2)C1. The summed E-state index contributed by atoms with van der Waals surface area (Å²) in [7, 11) is 0. The normalized spacial score (nSPS) is 23.2. The van der Waals surface area contributed by atoms with Crippen molar-refractivity contribution >= 4 is 11.7 Å². The molecule has 5 nitrogen and oxygen atoms in total. The molecule has 3 saturated carbocycles. The van der Waals surface area contributed by atoms with Gasteiger partial charge >= 0.3 is 0 Å². The Morgan fingerprint density at radius 2 is 1.94 bits per heavy atom. The van der Waals surface area contributed by atoms with Crippen molar-refractivity contribution in [2.24, 2.45) is 11.8 Å². The number of nitrogens with zero attached hydrogens (tertiary/aromatic N) is 4. The Morgan fingerprint density at radius 1 is 1.12 bits per heavy atom. The van der Waals surface area contributed by atoms with E-state index in [1.54, 1.807) is 0 Å². The quantitative estimate of drug-likeness (QED) is 0.674. The molecule has 0 spiro atoms. The summed E-state index contributed by atoms with van der Waals surface area (Å²) in [6.45, 7) is 4.46. The Balaban J connectivity index is 1.35. The largest absolute Gasteiger partial charge is 0.352 e. The summed E-state index contributed by atoms with van der Waals surface area (Å²) in [5.41, 5.74) is 5.32. The van der Waals surface area contributed by atoms with Gasteiger partial charge in [-0.2, -0.15) is 0 Å². The number of anilines is 1. The van der Waals surface area contributed by atoms with Crippen molar-refractivity contribution in [3.8, 4) is 23.5 Å². The molecule has 1 aliphatic heterocycles. The minimum Gasteiger partial charge on any atom is -0.352 e. The van der Waals surface area contributed by atoms with Gasteiger partial charge in [0.2, 0.25) is 5.91 Å².